The van der Waals surface area contributed by atoms with Crippen LogP contribution in [0.4, 0.5) is 26.3 Å². The van der Waals surface area contributed by atoms with Crippen molar-refractivity contribution in [1.82, 2.24) is 5.32 Å². The summed E-state index contributed by atoms with van der Waals surface area (Å²) < 4.78 is 78.4. The van der Waals surface area contributed by atoms with Crippen molar-refractivity contribution in [3.63, 3.8) is 0 Å². The first kappa shape index (κ1) is 23.3. The molecule has 4 nitrogen and oxygen atoms in total. The highest BCUT2D eigenvalue weighted by molar-refractivity contribution is 6.33. The van der Waals surface area contributed by atoms with E-state index in [9.17, 15) is 35.9 Å². The summed E-state index contributed by atoms with van der Waals surface area (Å²) >= 11 is 5.76. The Balaban J connectivity index is 2.24. The number of amides is 1. The number of carbonyl (C=O) groups excluding carboxylic acids is 1. The number of carboxylic acid groups (broad SMARTS) is 1. The number of nitrogens with one attached hydrogen (secondary N) is 1. The molecule has 0 heterocycles. The van der Waals surface area contributed by atoms with Gasteiger partial charge >= 0.3 is 18.3 Å². The molecule has 2 aromatic carbocycles. The van der Waals surface area contributed by atoms with Crippen LogP contribution in [0.1, 0.15) is 33.1 Å². The molecule has 2 N–H and O–H groups in total. The normalized spacial score (nSPS) is 13.3. The van der Waals surface area contributed by atoms with Gasteiger partial charge in [0.2, 0.25) is 5.91 Å². The van der Waals surface area contributed by atoms with Crippen molar-refractivity contribution < 1.29 is 41.0 Å². The molecule has 0 bridgehead atoms. The number of halogens is 7. The number of carboxylic acids is 1. The molecule has 11 heteroatoms. The van der Waals surface area contributed by atoms with Gasteiger partial charge in [-0.2, -0.15) is 26.3 Å². The zero-order valence-electron chi connectivity index (χ0n) is 14.7. The fourth-order valence-corrected chi connectivity index (χ4v) is 2.69. The van der Waals surface area contributed by atoms with E-state index in [1.165, 1.54) is 12.1 Å². The molecule has 1 unspecified atom stereocenters. The van der Waals surface area contributed by atoms with E-state index in [4.69, 9.17) is 16.7 Å². The highest BCUT2D eigenvalue weighted by Crippen LogP contribution is 2.36. The summed E-state index contributed by atoms with van der Waals surface area (Å²) in [5, 5.41) is 10.4. The quantitative estimate of drug-likeness (QED) is 0.466. The molecule has 1 amide bonds. The zero-order valence-corrected chi connectivity index (χ0v) is 15.4. The third-order valence-electron chi connectivity index (χ3n) is 3.81. The largest absolute Gasteiger partial charge is 0.478 e. The van der Waals surface area contributed by atoms with Crippen molar-refractivity contribution in [3.05, 3.63) is 75.8 Å². The second kappa shape index (κ2) is 8.78. The van der Waals surface area contributed by atoms with Crippen LogP contribution in [0.15, 0.2) is 48.5 Å². The molecule has 160 valence electrons. The Kier molecular flexibility index (Phi) is 6.81. The third kappa shape index (κ3) is 5.99. The minimum Gasteiger partial charge on any atom is -0.478 e. The molecular formula is C19H12ClF6NO3. The van der Waals surface area contributed by atoms with Crippen LogP contribution in [-0.2, 0) is 11.0 Å². The van der Waals surface area contributed by atoms with Crippen LogP contribution in [0, 0.1) is 0 Å². The van der Waals surface area contributed by atoms with E-state index in [0.29, 0.717) is 12.1 Å². The predicted octanol–water partition coefficient (Wildman–Crippen LogP) is 5.49. The van der Waals surface area contributed by atoms with Crippen LogP contribution in [0.2, 0.25) is 5.02 Å². The van der Waals surface area contributed by atoms with Crippen LogP contribution in [-0.4, -0.2) is 23.2 Å². The zero-order chi connectivity index (χ0) is 22.7. The summed E-state index contributed by atoms with van der Waals surface area (Å²) in [5.74, 6) is -2.52. The average molecular weight is 452 g/mol. The number of hydrogen-bond acceptors (Lipinski definition) is 2. The molecule has 0 radical (unpaired) electrons. The fourth-order valence-electron chi connectivity index (χ4n) is 2.42. The van der Waals surface area contributed by atoms with Crippen molar-refractivity contribution in [3.8, 4) is 0 Å². The van der Waals surface area contributed by atoms with Gasteiger partial charge in [-0.25, -0.2) is 4.79 Å². The minimum absolute atomic E-state index is 0.151. The maximum absolute atomic E-state index is 13.3. The van der Waals surface area contributed by atoms with Crippen LogP contribution >= 0.6 is 11.6 Å². The van der Waals surface area contributed by atoms with E-state index in [1.54, 1.807) is 5.32 Å². The minimum atomic E-state index is -5.06. The summed E-state index contributed by atoms with van der Waals surface area (Å²) in [7, 11) is 0. The third-order valence-corrected chi connectivity index (χ3v) is 4.12. The molecule has 0 spiro atoms. The van der Waals surface area contributed by atoms with Gasteiger partial charge in [-0.15, -0.1) is 0 Å². The van der Waals surface area contributed by atoms with E-state index in [-0.39, 0.29) is 16.1 Å². The Hall–Kier alpha value is -3.01. The van der Waals surface area contributed by atoms with Crippen molar-refractivity contribution >= 4 is 29.6 Å². The standard InChI is InChI=1S/C19H12ClF6NO3/c20-14-8-10(4-6-13(14)17(29)30)5-7-15(28)27-16(19(24,25)26)11-2-1-3-12(9-11)18(21,22)23/h1-9,16H,(H,27,28)(H,29,30)/b7-5+. The number of benzene rings is 2. The first-order chi connectivity index (χ1) is 13.8. The Morgan fingerprint density at radius 3 is 2.23 bits per heavy atom. The molecule has 2 rings (SSSR count). The fraction of sp³-hybridized carbons (Fsp3) is 0.158. The lowest BCUT2D eigenvalue weighted by molar-refractivity contribution is -0.162. The van der Waals surface area contributed by atoms with Gasteiger partial charge in [0.1, 0.15) is 0 Å². The molecule has 0 aliphatic heterocycles. The van der Waals surface area contributed by atoms with Crippen LogP contribution < -0.4 is 5.32 Å². The number of aromatic carboxylic acids is 1. The van der Waals surface area contributed by atoms with Crippen molar-refractivity contribution in [2.45, 2.75) is 18.4 Å². The summed E-state index contributed by atoms with van der Waals surface area (Å²) in [6.45, 7) is 0. The highest BCUT2D eigenvalue weighted by Gasteiger charge is 2.42. The van der Waals surface area contributed by atoms with Gasteiger partial charge in [0.15, 0.2) is 6.04 Å². The van der Waals surface area contributed by atoms with E-state index in [0.717, 1.165) is 30.4 Å². The lowest BCUT2D eigenvalue weighted by atomic mass is 10.0. The van der Waals surface area contributed by atoms with Gasteiger partial charge in [0, 0.05) is 6.08 Å². The van der Waals surface area contributed by atoms with Gasteiger partial charge < -0.3 is 10.4 Å². The molecule has 0 aliphatic carbocycles. The second-order valence-corrected chi connectivity index (χ2v) is 6.39. The molecule has 0 aromatic heterocycles. The first-order valence-electron chi connectivity index (χ1n) is 8.04. The lowest BCUT2D eigenvalue weighted by Crippen LogP contribution is -2.37. The highest BCUT2D eigenvalue weighted by atomic mass is 35.5. The van der Waals surface area contributed by atoms with E-state index in [2.05, 4.69) is 0 Å². The molecule has 0 saturated carbocycles. The molecule has 0 fully saturated rings. The second-order valence-electron chi connectivity index (χ2n) is 5.98. The number of carbonyl (C=O) groups is 2. The van der Waals surface area contributed by atoms with Crippen molar-refractivity contribution in [2.24, 2.45) is 0 Å². The summed E-state index contributed by atoms with van der Waals surface area (Å²) in [4.78, 5) is 22.8. The molecule has 1 atom stereocenters. The van der Waals surface area contributed by atoms with Gasteiger partial charge in [0.25, 0.3) is 0 Å². The Morgan fingerprint density at radius 2 is 1.70 bits per heavy atom. The average Bonchev–Trinajstić information content (AvgIpc) is 2.62. The number of hydrogen-bond donors (Lipinski definition) is 2. The molecular weight excluding hydrogens is 440 g/mol. The summed E-state index contributed by atoms with van der Waals surface area (Å²) in [6.07, 6.45) is -8.11. The first-order valence-corrected chi connectivity index (χ1v) is 8.42. The Labute approximate surface area is 170 Å². The lowest BCUT2D eigenvalue weighted by Gasteiger charge is -2.22. The van der Waals surface area contributed by atoms with Gasteiger partial charge in [-0.3, -0.25) is 4.79 Å². The SMILES string of the molecule is O=C(/C=C/c1ccc(C(=O)O)c(Cl)c1)NC(c1cccc(C(F)(F)F)c1)C(F)(F)F. The van der Waals surface area contributed by atoms with Crippen molar-refractivity contribution in [1.29, 1.82) is 0 Å². The molecule has 2 aromatic rings. The van der Waals surface area contributed by atoms with Gasteiger partial charge in [0.05, 0.1) is 16.1 Å². The summed E-state index contributed by atoms with van der Waals surface area (Å²) in [6, 6.07) is 3.48. The maximum Gasteiger partial charge on any atom is 0.416 e. The van der Waals surface area contributed by atoms with E-state index in [1.807, 2.05) is 0 Å². The molecule has 0 saturated heterocycles. The Bertz CT molecular complexity index is 985. The van der Waals surface area contributed by atoms with Gasteiger partial charge in [-0.05, 0) is 41.5 Å². The molecule has 30 heavy (non-hydrogen) atoms. The summed E-state index contributed by atoms with van der Waals surface area (Å²) in [5.41, 5.74) is -2.05. The van der Waals surface area contributed by atoms with E-state index < -0.39 is 41.4 Å². The smallest absolute Gasteiger partial charge is 0.416 e. The van der Waals surface area contributed by atoms with Crippen molar-refractivity contribution in [2.75, 3.05) is 0 Å². The Morgan fingerprint density at radius 1 is 1.03 bits per heavy atom. The van der Waals surface area contributed by atoms with Crippen LogP contribution in [0.25, 0.3) is 6.08 Å². The van der Waals surface area contributed by atoms with E-state index >= 15 is 0 Å². The maximum atomic E-state index is 13.3. The monoisotopic (exact) mass is 451 g/mol. The van der Waals surface area contributed by atoms with Gasteiger partial charge in [-0.1, -0.05) is 29.8 Å². The van der Waals surface area contributed by atoms with Crippen LogP contribution in [0.5, 0.6) is 0 Å². The van der Waals surface area contributed by atoms with Crippen LogP contribution in [0.3, 0.4) is 0 Å². The number of rotatable bonds is 5. The predicted molar refractivity (Wildman–Crippen MR) is 95.8 cm³/mol. The number of alkyl halides is 6. The topological polar surface area (TPSA) is 66.4 Å². The molecule has 0 aliphatic rings.